The molecule has 2 N–H and O–H groups in total. The van der Waals surface area contributed by atoms with E-state index in [0.29, 0.717) is 11.3 Å². The highest BCUT2D eigenvalue weighted by atomic mass is 32.2. The summed E-state index contributed by atoms with van der Waals surface area (Å²) >= 11 is 2.02. The van der Waals surface area contributed by atoms with Crippen LogP contribution in [0.25, 0.3) is 0 Å². The van der Waals surface area contributed by atoms with Crippen LogP contribution in [-0.4, -0.2) is 11.3 Å². The molecule has 2 nitrogen and oxygen atoms in total. The van der Waals surface area contributed by atoms with E-state index in [0.717, 1.165) is 18.5 Å². The second kappa shape index (κ2) is 5.15. The van der Waals surface area contributed by atoms with Crippen molar-refractivity contribution in [3.63, 3.8) is 0 Å². The normalized spacial score (nSPS) is 23.5. The Kier molecular flexibility index (Phi) is 3.15. The summed E-state index contributed by atoms with van der Waals surface area (Å²) in [5.41, 5.74) is 9.23. The zero-order valence-corrected chi connectivity index (χ0v) is 12.6. The third kappa shape index (κ3) is 2.22. The summed E-state index contributed by atoms with van der Waals surface area (Å²) in [6.45, 7) is 0. The molecule has 1 aliphatic heterocycles. The second-order valence-electron chi connectivity index (χ2n) is 5.60. The van der Waals surface area contributed by atoms with E-state index < -0.39 is 0 Å². The van der Waals surface area contributed by atoms with E-state index in [1.54, 1.807) is 0 Å². The van der Waals surface area contributed by atoms with E-state index in [-0.39, 0.29) is 0 Å². The third-order valence-corrected chi connectivity index (χ3v) is 5.66. The summed E-state index contributed by atoms with van der Waals surface area (Å²) in [5, 5.41) is 0.627. The minimum atomic E-state index is 0.526. The Morgan fingerprint density at radius 2 is 1.71 bits per heavy atom. The number of anilines is 3. The molecule has 0 saturated carbocycles. The third-order valence-electron chi connectivity index (χ3n) is 4.25. The number of fused-ring (bicyclic) bond motifs is 2. The monoisotopic (exact) mass is 294 g/mol. The van der Waals surface area contributed by atoms with Crippen molar-refractivity contribution in [3.8, 4) is 0 Å². The first-order valence-corrected chi connectivity index (χ1v) is 8.26. The molecular formula is C18H18N2S. The van der Waals surface area contributed by atoms with Gasteiger partial charge in [0.1, 0.15) is 0 Å². The smallest absolute Gasteiger partial charge is 0.0552 e. The van der Waals surface area contributed by atoms with Crippen molar-refractivity contribution >= 4 is 28.8 Å². The summed E-state index contributed by atoms with van der Waals surface area (Å²) in [6, 6.07) is 17.5. The van der Waals surface area contributed by atoms with Crippen LogP contribution in [0.5, 0.6) is 0 Å². The van der Waals surface area contributed by atoms with Gasteiger partial charge in [-0.25, -0.2) is 0 Å². The van der Waals surface area contributed by atoms with Crippen LogP contribution >= 0.6 is 11.8 Å². The summed E-state index contributed by atoms with van der Waals surface area (Å²) < 4.78 is 0. The minimum absolute atomic E-state index is 0.526. The van der Waals surface area contributed by atoms with Gasteiger partial charge in [-0.3, -0.25) is 0 Å². The van der Waals surface area contributed by atoms with Gasteiger partial charge in [-0.15, -0.1) is 11.8 Å². The van der Waals surface area contributed by atoms with E-state index >= 15 is 0 Å². The minimum Gasteiger partial charge on any atom is -0.399 e. The first-order chi connectivity index (χ1) is 10.3. The Morgan fingerprint density at radius 1 is 0.952 bits per heavy atom. The number of rotatable bonds is 1. The van der Waals surface area contributed by atoms with Crippen molar-refractivity contribution < 1.29 is 0 Å². The molecule has 0 saturated heterocycles. The Hall–Kier alpha value is -1.87. The fourth-order valence-corrected chi connectivity index (χ4v) is 4.60. The molecule has 0 radical (unpaired) electrons. The van der Waals surface area contributed by atoms with E-state index in [1.807, 2.05) is 23.9 Å². The van der Waals surface area contributed by atoms with Gasteiger partial charge in [-0.1, -0.05) is 24.3 Å². The average Bonchev–Trinajstić information content (AvgIpc) is 2.53. The largest absolute Gasteiger partial charge is 0.399 e. The summed E-state index contributed by atoms with van der Waals surface area (Å²) in [4.78, 5) is 3.88. The number of thioether (sulfide) groups is 1. The Labute approximate surface area is 129 Å². The summed E-state index contributed by atoms with van der Waals surface area (Å²) in [6.07, 6.45) is 6.90. The highest BCUT2D eigenvalue weighted by molar-refractivity contribution is 8.00. The standard InChI is InChI=1S/C18H18N2S/c19-13-9-11-14(12-10-13)20-15-5-1-3-7-17(15)21-18-8-4-2-6-16(18)20/h1-5,7,9-12,16,18H,6,8,19H2. The number of nitrogens with zero attached hydrogens (tertiary/aromatic N) is 1. The predicted molar refractivity (Wildman–Crippen MR) is 91.2 cm³/mol. The van der Waals surface area contributed by atoms with Gasteiger partial charge in [-0.2, -0.15) is 0 Å². The van der Waals surface area contributed by atoms with Gasteiger partial charge in [-0.05, 0) is 49.2 Å². The maximum absolute atomic E-state index is 5.85. The van der Waals surface area contributed by atoms with E-state index in [2.05, 4.69) is 53.5 Å². The second-order valence-corrected chi connectivity index (χ2v) is 6.88. The van der Waals surface area contributed by atoms with Crippen molar-refractivity contribution in [3.05, 3.63) is 60.7 Å². The van der Waals surface area contributed by atoms with Crippen LogP contribution in [0.4, 0.5) is 17.1 Å². The van der Waals surface area contributed by atoms with E-state index in [1.165, 1.54) is 16.3 Å². The summed E-state index contributed by atoms with van der Waals surface area (Å²) in [7, 11) is 0. The molecule has 0 amide bonds. The van der Waals surface area contributed by atoms with Crippen molar-refractivity contribution in [2.24, 2.45) is 0 Å². The molecule has 1 aliphatic carbocycles. The van der Waals surface area contributed by atoms with Gasteiger partial charge in [0.05, 0.1) is 11.7 Å². The zero-order valence-electron chi connectivity index (χ0n) is 11.8. The zero-order chi connectivity index (χ0) is 14.2. The molecule has 0 bridgehead atoms. The van der Waals surface area contributed by atoms with E-state index in [9.17, 15) is 0 Å². The van der Waals surface area contributed by atoms with Crippen LogP contribution in [0.1, 0.15) is 12.8 Å². The Balaban J connectivity index is 1.84. The molecular weight excluding hydrogens is 276 g/mol. The molecule has 0 aromatic heterocycles. The molecule has 1 heterocycles. The Bertz CT molecular complexity index is 678. The summed E-state index contributed by atoms with van der Waals surface area (Å²) in [5.74, 6) is 0. The molecule has 2 unspecified atom stereocenters. The van der Waals surface area contributed by atoms with Crippen molar-refractivity contribution in [2.75, 3.05) is 10.6 Å². The fraction of sp³-hybridized carbons (Fsp3) is 0.222. The van der Waals surface area contributed by atoms with Crippen LogP contribution in [0.15, 0.2) is 65.6 Å². The molecule has 4 rings (SSSR count). The van der Waals surface area contributed by atoms with Crippen molar-refractivity contribution in [2.45, 2.75) is 29.0 Å². The highest BCUT2D eigenvalue weighted by Gasteiger charge is 2.35. The first-order valence-electron chi connectivity index (χ1n) is 7.38. The van der Waals surface area contributed by atoms with Crippen LogP contribution < -0.4 is 10.6 Å². The molecule has 2 aliphatic rings. The maximum Gasteiger partial charge on any atom is 0.0552 e. The van der Waals surface area contributed by atoms with Gasteiger partial charge in [0.25, 0.3) is 0 Å². The number of hydrogen-bond acceptors (Lipinski definition) is 3. The molecule has 106 valence electrons. The van der Waals surface area contributed by atoms with Gasteiger partial charge in [0.2, 0.25) is 0 Å². The van der Waals surface area contributed by atoms with Crippen LogP contribution in [0.2, 0.25) is 0 Å². The lowest BCUT2D eigenvalue weighted by Crippen LogP contribution is -2.43. The fourth-order valence-electron chi connectivity index (χ4n) is 3.24. The molecule has 0 spiro atoms. The number of benzene rings is 2. The molecule has 2 aromatic carbocycles. The van der Waals surface area contributed by atoms with Gasteiger partial charge >= 0.3 is 0 Å². The molecule has 0 fully saturated rings. The molecule has 2 aromatic rings. The number of allylic oxidation sites excluding steroid dienone is 1. The highest BCUT2D eigenvalue weighted by Crippen LogP contribution is 2.48. The SMILES string of the molecule is Nc1ccc(N2c3ccccc3SC3CC=CCC32)cc1. The van der Waals surface area contributed by atoms with Gasteiger partial charge in [0, 0.05) is 21.5 Å². The van der Waals surface area contributed by atoms with Gasteiger partial charge in [0.15, 0.2) is 0 Å². The first kappa shape index (κ1) is 12.8. The van der Waals surface area contributed by atoms with Crippen LogP contribution in [-0.2, 0) is 0 Å². The van der Waals surface area contributed by atoms with Crippen molar-refractivity contribution in [1.82, 2.24) is 0 Å². The quantitative estimate of drug-likeness (QED) is 0.615. The molecule has 3 heteroatoms. The lowest BCUT2D eigenvalue weighted by Gasteiger charge is -2.44. The van der Waals surface area contributed by atoms with Crippen LogP contribution in [0.3, 0.4) is 0 Å². The van der Waals surface area contributed by atoms with Gasteiger partial charge < -0.3 is 10.6 Å². The lowest BCUT2D eigenvalue weighted by molar-refractivity contribution is 0.595. The number of nitrogens with two attached hydrogens (primary N) is 1. The molecule has 2 atom stereocenters. The van der Waals surface area contributed by atoms with E-state index in [4.69, 9.17) is 5.73 Å². The Morgan fingerprint density at radius 3 is 2.57 bits per heavy atom. The number of para-hydroxylation sites is 1. The number of nitrogen functional groups attached to an aromatic ring is 1. The number of hydrogen-bond donors (Lipinski definition) is 1. The maximum atomic E-state index is 5.85. The van der Waals surface area contributed by atoms with Crippen LogP contribution in [0, 0.1) is 0 Å². The van der Waals surface area contributed by atoms with Crippen molar-refractivity contribution in [1.29, 1.82) is 0 Å². The topological polar surface area (TPSA) is 29.3 Å². The predicted octanol–water partition coefficient (Wildman–Crippen LogP) is 4.60. The molecule has 21 heavy (non-hydrogen) atoms. The lowest BCUT2D eigenvalue weighted by atomic mass is 9.97. The average molecular weight is 294 g/mol.